The Morgan fingerprint density at radius 1 is 1.30 bits per heavy atom. The first-order chi connectivity index (χ1) is 9.63. The second-order valence-corrected chi connectivity index (χ2v) is 4.12. The summed E-state index contributed by atoms with van der Waals surface area (Å²) in [6.07, 6.45) is 3.06. The van der Waals surface area contributed by atoms with E-state index in [4.69, 9.17) is 21.1 Å². The molecular weight excluding hydrogens is 284 g/mol. The fourth-order valence-corrected chi connectivity index (χ4v) is 1.72. The van der Waals surface area contributed by atoms with Gasteiger partial charge in [0, 0.05) is 12.1 Å². The lowest BCUT2D eigenvalue weighted by Gasteiger charge is -2.08. The molecule has 0 aliphatic rings. The number of halogens is 1. The number of rotatable bonds is 5. The monoisotopic (exact) mass is 294 g/mol. The van der Waals surface area contributed by atoms with Gasteiger partial charge in [0.25, 0.3) is 0 Å². The molecule has 0 saturated carbocycles. The van der Waals surface area contributed by atoms with Gasteiger partial charge >= 0.3 is 5.69 Å². The minimum absolute atomic E-state index is 0.115. The van der Waals surface area contributed by atoms with Crippen LogP contribution in [0.2, 0.25) is 0 Å². The number of hydrogen-bond acceptors (Lipinski definition) is 5. The van der Waals surface area contributed by atoms with E-state index in [1.54, 1.807) is 18.3 Å². The van der Waals surface area contributed by atoms with Gasteiger partial charge in [-0.15, -0.1) is 11.6 Å². The highest BCUT2D eigenvalue weighted by Gasteiger charge is 2.17. The molecule has 0 fully saturated rings. The van der Waals surface area contributed by atoms with Crippen LogP contribution in [-0.4, -0.2) is 17.0 Å². The van der Waals surface area contributed by atoms with Gasteiger partial charge in [-0.25, -0.2) is 0 Å². The summed E-state index contributed by atoms with van der Waals surface area (Å²) < 4.78 is 10.5. The fourth-order valence-electron chi connectivity index (χ4n) is 1.57. The third kappa shape index (κ3) is 3.16. The van der Waals surface area contributed by atoms with E-state index in [9.17, 15) is 10.1 Å². The number of nitro groups is 1. The van der Waals surface area contributed by atoms with Crippen molar-refractivity contribution in [3.05, 3.63) is 52.3 Å². The van der Waals surface area contributed by atoms with E-state index in [-0.39, 0.29) is 17.3 Å². The van der Waals surface area contributed by atoms with Crippen LogP contribution in [0, 0.1) is 10.1 Å². The molecule has 0 amide bonds. The van der Waals surface area contributed by atoms with E-state index in [1.807, 2.05) is 0 Å². The van der Waals surface area contributed by atoms with E-state index in [0.717, 1.165) is 5.56 Å². The molecule has 7 heteroatoms. The average Bonchev–Trinajstić information content (AvgIpc) is 2.47. The Bertz CT molecular complexity index is 634. The molecule has 20 heavy (non-hydrogen) atoms. The van der Waals surface area contributed by atoms with E-state index in [0.29, 0.717) is 11.5 Å². The normalized spacial score (nSPS) is 10.1. The highest BCUT2D eigenvalue weighted by atomic mass is 35.5. The smallest absolute Gasteiger partial charge is 0.315 e. The number of alkyl halides is 1. The van der Waals surface area contributed by atoms with Crippen LogP contribution in [0.5, 0.6) is 17.2 Å². The summed E-state index contributed by atoms with van der Waals surface area (Å²) in [5, 5.41) is 11.0. The van der Waals surface area contributed by atoms with Gasteiger partial charge in [0.1, 0.15) is 11.5 Å². The van der Waals surface area contributed by atoms with Crippen molar-refractivity contribution in [3.63, 3.8) is 0 Å². The Morgan fingerprint density at radius 3 is 2.75 bits per heavy atom. The summed E-state index contributed by atoms with van der Waals surface area (Å²) in [6.45, 7) is 0. The summed E-state index contributed by atoms with van der Waals surface area (Å²) in [6, 6.07) is 6.04. The molecule has 2 rings (SSSR count). The molecule has 0 atom stereocenters. The van der Waals surface area contributed by atoms with E-state index in [2.05, 4.69) is 4.98 Å². The number of aromatic nitrogens is 1. The zero-order valence-electron chi connectivity index (χ0n) is 10.6. The predicted octanol–water partition coefficient (Wildman–Crippen LogP) is 3.53. The Balaban J connectivity index is 2.34. The highest BCUT2D eigenvalue weighted by Crippen LogP contribution is 2.34. The Hall–Kier alpha value is -2.34. The van der Waals surface area contributed by atoms with Gasteiger partial charge in [-0.05, 0) is 23.8 Å². The fraction of sp³-hybridized carbons (Fsp3) is 0.154. The standard InChI is InChI=1S/C13H11ClN2O4/c1-19-10-2-3-13(12(5-10)16(17)18)20-11-4-9(6-14)7-15-8-11/h2-5,7-8H,6H2,1H3. The first kappa shape index (κ1) is 14.1. The van der Waals surface area contributed by atoms with E-state index in [1.165, 1.54) is 25.4 Å². The second kappa shape index (κ2) is 6.21. The zero-order valence-corrected chi connectivity index (χ0v) is 11.3. The molecular formula is C13H11ClN2O4. The van der Waals surface area contributed by atoms with E-state index >= 15 is 0 Å². The lowest BCUT2D eigenvalue weighted by Crippen LogP contribution is -1.95. The van der Waals surface area contributed by atoms with Crippen LogP contribution in [0.1, 0.15) is 5.56 Å². The molecule has 104 valence electrons. The molecule has 0 unspecified atom stereocenters. The Morgan fingerprint density at radius 2 is 2.10 bits per heavy atom. The van der Waals surface area contributed by atoms with Gasteiger partial charge in [-0.3, -0.25) is 15.1 Å². The minimum atomic E-state index is -0.531. The summed E-state index contributed by atoms with van der Waals surface area (Å²) in [5.74, 6) is 1.17. The third-order valence-electron chi connectivity index (χ3n) is 2.51. The number of nitrogens with zero attached hydrogens (tertiary/aromatic N) is 2. The number of methoxy groups -OCH3 is 1. The molecule has 6 nitrogen and oxygen atoms in total. The molecule has 2 aromatic rings. The summed E-state index contributed by atoms with van der Waals surface area (Å²) in [5.41, 5.74) is 0.584. The van der Waals surface area contributed by atoms with Crippen LogP contribution in [0.15, 0.2) is 36.7 Å². The van der Waals surface area contributed by atoms with Crippen molar-refractivity contribution in [3.8, 4) is 17.2 Å². The predicted molar refractivity (Wildman–Crippen MR) is 73.5 cm³/mol. The topological polar surface area (TPSA) is 74.5 Å². The molecule has 0 spiro atoms. The third-order valence-corrected chi connectivity index (χ3v) is 2.82. The lowest BCUT2D eigenvalue weighted by atomic mass is 10.2. The quantitative estimate of drug-likeness (QED) is 0.479. The van der Waals surface area contributed by atoms with Crippen molar-refractivity contribution in [2.45, 2.75) is 5.88 Å². The summed E-state index contributed by atoms with van der Waals surface area (Å²) in [4.78, 5) is 14.5. The molecule has 0 N–H and O–H groups in total. The van der Waals surface area contributed by atoms with Crippen molar-refractivity contribution >= 4 is 17.3 Å². The zero-order chi connectivity index (χ0) is 14.5. The van der Waals surface area contributed by atoms with Gasteiger partial charge < -0.3 is 9.47 Å². The minimum Gasteiger partial charge on any atom is -0.496 e. The molecule has 1 heterocycles. The van der Waals surface area contributed by atoms with Crippen LogP contribution >= 0.6 is 11.6 Å². The van der Waals surface area contributed by atoms with Crippen LogP contribution < -0.4 is 9.47 Å². The van der Waals surface area contributed by atoms with Crippen molar-refractivity contribution in [2.75, 3.05) is 7.11 Å². The van der Waals surface area contributed by atoms with Crippen molar-refractivity contribution in [2.24, 2.45) is 0 Å². The van der Waals surface area contributed by atoms with Crippen molar-refractivity contribution in [1.29, 1.82) is 0 Å². The number of pyridine rings is 1. The number of benzene rings is 1. The molecule has 0 aliphatic heterocycles. The SMILES string of the molecule is COc1ccc(Oc2cncc(CCl)c2)c([N+](=O)[O-])c1. The van der Waals surface area contributed by atoms with Crippen LogP contribution in [0.25, 0.3) is 0 Å². The number of ether oxygens (including phenoxy) is 2. The van der Waals surface area contributed by atoms with Gasteiger partial charge in [0.2, 0.25) is 5.75 Å². The molecule has 0 saturated heterocycles. The molecule has 1 aromatic carbocycles. The first-order valence-electron chi connectivity index (χ1n) is 5.64. The highest BCUT2D eigenvalue weighted by molar-refractivity contribution is 6.17. The number of hydrogen-bond donors (Lipinski definition) is 0. The van der Waals surface area contributed by atoms with Crippen LogP contribution in [0.3, 0.4) is 0 Å². The number of nitro benzene ring substituents is 1. The van der Waals surface area contributed by atoms with Crippen LogP contribution in [-0.2, 0) is 5.88 Å². The molecule has 0 aliphatic carbocycles. The van der Waals surface area contributed by atoms with Crippen LogP contribution in [0.4, 0.5) is 5.69 Å². The molecule has 0 bridgehead atoms. The Labute approximate surface area is 120 Å². The first-order valence-corrected chi connectivity index (χ1v) is 6.17. The maximum Gasteiger partial charge on any atom is 0.315 e. The molecule has 1 aromatic heterocycles. The van der Waals surface area contributed by atoms with Gasteiger partial charge in [-0.1, -0.05) is 0 Å². The van der Waals surface area contributed by atoms with Crippen molar-refractivity contribution in [1.82, 2.24) is 4.98 Å². The Kier molecular flexibility index (Phi) is 4.37. The lowest BCUT2D eigenvalue weighted by molar-refractivity contribution is -0.385. The average molecular weight is 295 g/mol. The second-order valence-electron chi connectivity index (χ2n) is 3.86. The largest absolute Gasteiger partial charge is 0.496 e. The van der Waals surface area contributed by atoms with Gasteiger partial charge in [0.05, 0.1) is 24.3 Å². The molecule has 0 radical (unpaired) electrons. The summed E-state index contributed by atoms with van der Waals surface area (Å²) >= 11 is 5.70. The maximum absolute atomic E-state index is 11.0. The van der Waals surface area contributed by atoms with Gasteiger partial charge in [-0.2, -0.15) is 0 Å². The maximum atomic E-state index is 11.0. The summed E-state index contributed by atoms with van der Waals surface area (Å²) in [7, 11) is 1.44. The van der Waals surface area contributed by atoms with Crippen molar-refractivity contribution < 1.29 is 14.4 Å². The van der Waals surface area contributed by atoms with E-state index < -0.39 is 4.92 Å². The van der Waals surface area contributed by atoms with Gasteiger partial charge in [0.15, 0.2) is 0 Å².